The van der Waals surface area contributed by atoms with E-state index in [1.807, 2.05) is 0 Å². The molecule has 1 aliphatic carbocycles. The molecule has 0 amide bonds. The molecule has 20 heavy (non-hydrogen) atoms. The molecule has 2 rings (SSSR count). The summed E-state index contributed by atoms with van der Waals surface area (Å²) >= 11 is 0.926. The quantitative estimate of drug-likeness (QED) is 0.874. The van der Waals surface area contributed by atoms with Crippen molar-refractivity contribution in [2.24, 2.45) is 5.41 Å². The van der Waals surface area contributed by atoms with E-state index >= 15 is 0 Å². The van der Waals surface area contributed by atoms with E-state index in [1.54, 1.807) is 0 Å². The maximum Gasteiger partial charge on any atom is 0.347 e. The molecule has 7 heteroatoms. The molecule has 1 aliphatic rings. The largest absolute Gasteiger partial charge is 0.477 e. The molecule has 0 bridgehead atoms. The van der Waals surface area contributed by atoms with E-state index in [9.17, 15) is 13.2 Å². The molecule has 0 aromatic carbocycles. The molecule has 1 aromatic rings. The predicted octanol–water partition coefficient (Wildman–Crippen LogP) is 2.70. The molecule has 0 aliphatic heterocycles. The summed E-state index contributed by atoms with van der Waals surface area (Å²) in [5.41, 5.74) is -0.0231. The van der Waals surface area contributed by atoms with Crippen LogP contribution in [0.15, 0.2) is 16.3 Å². The standard InChI is InChI=1S/C13H19NO4S2/c1-13(6-3-2-4-7-13)9-14-20(17,18)10-5-8-19-11(10)12(15)16/h5,8,14H,2-4,6-7,9H2,1H3,(H,15,16). The van der Waals surface area contributed by atoms with Crippen molar-refractivity contribution < 1.29 is 18.3 Å². The SMILES string of the molecule is CC1(CNS(=O)(=O)c2ccsc2C(=O)O)CCCCC1. The summed E-state index contributed by atoms with van der Waals surface area (Å²) in [6, 6.07) is 1.35. The summed E-state index contributed by atoms with van der Waals surface area (Å²) < 4.78 is 27.1. The first-order valence-electron chi connectivity index (χ1n) is 6.65. The Morgan fingerprint density at radius 2 is 2.05 bits per heavy atom. The number of aromatic carboxylic acids is 1. The first-order chi connectivity index (χ1) is 9.34. The Morgan fingerprint density at radius 3 is 2.65 bits per heavy atom. The molecule has 5 nitrogen and oxygen atoms in total. The first-order valence-corrected chi connectivity index (χ1v) is 9.01. The number of hydrogen-bond acceptors (Lipinski definition) is 4. The zero-order valence-electron chi connectivity index (χ0n) is 11.4. The number of carboxylic acid groups (broad SMARTS) is 1. The van der Waals surface area contributed by atoms with Gasteiger partial charge in [0.15, 0.2) is 0 Å². The molecule has 1 saturated carbocycles. The molecular formula is C13H19NO4S2. The highest BCUT2D eigenvalue weighted by Crippen LogP contribution is 2.35. The smallest absolute Gasteiger partial charge is 0.347 e. The van der Waals surface area contributed by atoms with Crippen molar-refractivity contribution in [3.63, 3.8) is 0 Å². The molecule has 0 radical (unpaired) electrons. The summed E-state index contributed by atoms with van der Waals surface area (Å²) in [5.74, 6) is -1.20. The van der Waals surface area contributed by atoms with Gasteiger partial charge in [-0.1, -0.05) is 26.2 Å². The van der Waals surface area contributed by atoms with Gasteiger partial charge in [-0.25, -0.2) is 17.9 Å². The fourth-order valence-electron chi connectivity index (χ4n) is 2.59. The van der Waals surface area contributed by atoms with E-state index in [2.05, 4.69) is 11.6 Å². The van der Waals surface area contributed by atoms with Crippen LogP contribution < -0.4 is 4.72 Å². The lowest BCUT2D eigenvalue weighted by Gasteiger charge is -2.33. The van der Waals surface area contributed by atoms with Crippen LogP contribution in [0.2, 0.25) is 0 Å². The third kappa shape index (κ3) is 3.39. The minimum Gasteiger partial charge on any atom is -0.477 e. The molecule has 0 spiro atoms. The summed E-state index contributed by atoms with van der Waals surface area (Å²) in [6.45, 7) is 2.45. The molecule has 0 saturated heterocycles. The Kier molecular flexibility index (Phi) is 4.51. The molecule has 0 unspecified atom stereocenters. The highest BCUT2D eigenvalue weighted by Gasteiger charge is 2.30. The monoisotopic (exact) mass is 317 g/mol. The predicted molar refractivity (Wildman–Crippen MR) is 77.7 cm³/mol. The van der Waals surface area contributed by atoms with Gasteiger partial charge in [-0.3, -0.25) is 0 Å². The zero-order valence-corrected chi connectivity index (χ0v) is 13.0. The lowest BCUT2D eigenvalue weighted by molar-refractivity contribution is 0.0698. The molecule has 112 valence electrons. The molecule has 0 atom stereocenters. The van der Waals surface area contributed by atoms with Crippen LogP contribution in [0.1, 0.15) is 48.7 Å². The van der Waals surface area contributed by atoms with Crippen molar-refractivity contribution in [3.05, 3.63) is 16.3 Å². The summed E-state index contributed by atoms with van der Waals surface area (Å²) in [5, 5.41) is 10.5. The van der Waals surface area contributed by atoms with Gasteiger partial charge in [-0.2, -0.15) is 0 Å². The number of rotatable bonds is 5. The lowest BCUT2D eigenvalue weighted by Crippen LogP contribution is -2.37. The van der Waals surface area contributed by atoms with Crippen molar-refractivity contribution in [1.29, 1.82) is 0 Å². The topological polar surface area (TPSA) is 83.5 Å². The van der Waals surface area contributed by atoms with Gasteiger partial charge in [-0.05, 0) is 29.7 Å². The highest BCUT2D eigenvalue weighted by atomic mass is 32.2. The number of thiophene rings is 1. The van der Waals surface area contributed by atoms with Gasteiger partial charge in [-0.15, -0.1) is 11.3 Å². The van der Waals surface area contributed by atoms with Crippen LogP contribution in [-0.2, 0) is 10.0 Å². The molecular weight excluding hydrogens is 298 g/mol. The van der Waals surface area contributed by atoms with E-state index in [0.29, 0.717) is 6.54 Å². The Hall–Kier alpha value is -0.920. The minimum absolute atomic E-state index is 0.0231. The van der Waals surface area contributed by atoms with Gasteiger partial charge in [0.05, 0.1) is 0 Å². The van der Waals surface area contributed by atoms with Crippen LogP contribution in [0, 0.1) is 5.41 Å². The normalized spacial score (nSPS) is 18.9. The summed E-state index contributed by atoms with van der Waals surface area (Å²) in [4.78, 5) is 10.8. The van der Waals surface area contributed by atoms with Crippen LogP contribution >= 0.6 is 11.3 Å². The minimum atomic E-state index is -3.75. The maximum atomic E-state index is 12.2. The molecule has 1 heterocycles. The van der Waals surface area contributed by atoms with Gasteiger partial charge in [0.1, 0.15) is 9.77 Å². The summed E-state index contributed by atoms with van der Waals surface area (Å²) in [7, 11) is -3.75. The Morgan fingerprint density at radius 1 is 1.40 bits per heavy atom. The fraction of sp³-hybridized carbons (Fsp3) is 0.615. The number of hydrogen-bond donors (Lipinski definition) is 2. The van der Waals surface area contributed by atoms with Crippen molar-refractivity contribution in [2.45, 2.75) is 43.9 Å². The van der Waals surface area contributed by atoms with Gasteiger partial charge < -0.3 is 5.11 Å². The number of sulfonamides is 1. The van der Waals surface area contributed by atoms with Gasteiger partial charge >= 0.3 is 5.97 Å². The lowest BCUT2D eigenvalue weighted by atomic mass is 9.76. The molecule has 2 N–H and O–H groups in total. The Balaban J connectivity index is 2.11. The second-order valence-electron chi connectivity index (χ2n) is 5.61. The first kappa shape index (κ1) is 15.5. The number of carbonyl (C=O) groups is 1. The number of carboxylic acids is 1. The van der Waals surface area contributed by atoms with E-state index < -0.39 is 16.0 Å². The Labute approximate surface area is 123 Å². The van der Waals surface area contributed by atoms with Crippen molar-refractivity contribution in [3.8, 4) is 0 Å². The van der Waals surface area contributed by atoms with Gasteiger partial charge in [0.25, 0.3) is 0 Å². The van der Waals surface area contributed by atoms with E-state index in [4.69, 9.17) is 5.11 Å². The molecule has 1 aromatic heterocycles. The summed E-state index contributed by atoms with van der Waals surface area (Å²) in [6.07, 6.45) is 5.46. The maximum absolute atomic E-state index is 12.2. The second-order valence-corrected chi connectivity index (χ2v) is 8.27. The van der Waals surface area contributed by atoms with Crippen LogP contribution in [0.5, 0.6) is 0 Å². The fourth-order valence-corrected chi connectivity index (χ4v) is 5.05. The van der Waals surface area contributed by atoms with Crippen molar-refractivity contribution >= 4 is 27.3 Å². The van der Waals surface area contributed by atoms with E-state index in [-0.39, 0.29) is 15.2 Å². The average molecular weight is 317 g/mol. The van der Waals surface area contributed by atoms with E-state index in [1.165, 1.54) is 17.9 Å². The van der Waals surface area contributed by atoms with Crippen LogP contribution in [0.4, 0.5) is 0 Å². The van der Waals surface area contributed by atoms with Crippen molar-refractivity contribution in [1.82, 2.24) is 4.72 Å². The number of nitrogens with one attached hydrogen (secondary N) is 1. The zero-order chi connectivity index (χ0) is 14.8. The third-order valence-electron chi connectivity index (χ3n) is 3.86. The Bertz CT molecular complexity index is 585. The van der Waals surface area contributed by atoms with Crippen LogP contribution in [0.3, 0.4) is 0 Å². The second kappa shape index (κ2) is 5.83. The third-order valence-corrected chi connectivity index (χ3v) is 6.34. The molecule has 1 fully saturated rings. The van der Waals surface area contributed by atoms with Gasteiger partial charge in [0.2, 0.25) is 10.0 Å². The van der Waals surface area contributed by atoms with Gasteiger partial charge in [0, 0.05) is 6.54 Å². The van der Waals surface area contributed by atoms with E-state index in [0.717, 1.165) is 37.0 Å². The highest BCUT2D eigenvalue weighted by molar-refractivity contribution is 7.89. The van der Waals surface area contributed by atoms with Crippen LogP contribution in [-0.4, -0.2) is 26.0 Å². The van der Waals surface area contributed by atoms with Crippen molar-refractivity contribution in [2.75, 3.05) is 6.54 Å². The van der Waals surface area contributed by atoms with Crippen LogP contribution in [0.25, 0.3) is 0 Å². The average Bonchev–Trinajstić information content (AvgIpc) is 2.88.